The van der Waals surface area contributed by atoms with Crippen molar-refractivity contribution in [2.75, 3.05) is 0 Å². The summed E-state index contributed by atoms with van der Waals surface area (Å²) in [6.07, 6.45) is 1.48. The Labute approximate surface area is 132 Å². The van der Waals surface area contributed by atoms with E-state index in [0.29, 0.717) is 16.5 Å². The Morgan fingerprint density at radius 2 is 1.82 bits per heavy atom. The van der Waals surface area contributed by atoms with E-state index < -0.39 is 5.97 Å². The van der Waals surface area contributed by atoms with Gasteiger partial charge in [-0.05, 0) is 19.1 Å². The van der Waals surface area contributed by atoms with Crippen LogP contribution in [0.5, 0.6) is 0 Å². The molecule has 1 heterocycles. The van der Waals surface area contributed by atoms with Crippen LogP contribution in [0.25, 0.3) is 17.1 Å². The van der Waals surface area contributed by atoms with Crippen molar-refractivity contribution in [1.29, 1.82) is 0 Å². The van der Waals surface area contributed by atoms with Gasteiger partial charge in [0, 0.05) is 11.8 Å². The lowest BCUT2D eigenvalue weighted by molar-refractivity contribution is 0.0691. The van der Waals surface area contributed by atoms with Crippen LogP contribution in [0.1, 0.15) is 16.1 Å². The maximum atomic E-state index is 11.3. The summed E-state index contributed by atoms with van der Waals surface area (Å²) in [6.45, 7) is 1.99. The van der Waals surface area contributed by atoms with E-state index in [1.54, 1.807) is 10.6 Å². The summed E-state index contributed by atoms with van der Waals surface area (Å²) in [6, 6.07) is 15.0. The largest absolute Gasteiger partial charge is 0.476 e. The summed E-state index contributed by atoms with van der Waals surface area (Å²) in [5, 5.41) is 9.75. The van der Waals surface area contributed by atoms with E-state index in [1.807, 2.05) is 49.4 Å². The average Bonchev–Trinajstić information content (AvgIpc) is 2.94. The molecule has 110 valence electrons. The second-order valence-corrected chi connectivity index (χ2v) is 5.35. The molecule has 0 saturated heterocycles. The van der Waals surface area contributed by atoms with Gasteiger partial charge in [0.1, 0.15) is 5.82 Å². The summed E-state index contributed by atoms with van der Waals surface area (Å²) in [5.41, 5.74) is 2.63. The molecule has 3 aromatic rings. The van der Waals surface area contributed by atoms with E-state index in [9.17, 15) is 9.90 Å². The standard InChI is InChI=1S/C17H13ClN2O2/c1-11-6-8-12(9-7-11)16-19-14(17(21)22)10-20(16)15-5-3-2-4-13(15)18/h2-10H,1H3,(H,21,22). The lowest BCUT2D eigenvalue weighted by Crippen LogP contribution is -1.97. The summed E-state index contributed by atoms with van der Waals surface area (Å²) in [5.74, 6) is -0.523. The number of carboxylic acid groups (broad SMARTS) is 1. The number of carboxylic acids is 1. The first-order chi connectivity index (χ1) is 10.6. The lowest BCUT2D eigenvalue weighted by Gasteiger charge is -2.09. The molecule has 0 aliphatic carbocycles. The molecule has 5 heteroatoms. The zero-order chi connectivity index (χ0) is 15.7. The van der Waals surface area contributed by atoms with E-state index in [4.69, 9.17) is 11.6 Å². The van der Waals surface area contributed by atoms with Crippen LogP contribution in [0.2, 0.25) is 5.02 Å². The van der Waals surface area contributed by atoms with Crippen molar-refractivity contribution < 1.29 is 9.90 Å². The van der Waals surface area contributed by atoms with Gasteiger partial charge in [0.15, 0.2) is 5.69 Å². The van der Waals surface area contributed by atoms with Crippen molar-refractivity contribution in [2.45, 2.75) is 6.92 Å². The van der Waals surface area contributed by atoms with Crippen molar-refractivity contribution in [3.05, 3.63) is 71.0 Å². The number of aryl methyl sites for hydroxylation is 1. The number of rotatable bonds is 3. The fourth-order valence-electron chi connectivity index (χ4n) is 2.22. The van der Waals surface area contributed by atoms with Crippen LogP contribution in [-0.4, -0.2) is 20.6 Å². The van der Waals surface area contributed by atoms with Crippen molar-refractivity contribution in [1.82, 2.24) is 9.55 Å². The molecule has 0 fully saturated rings. The third-order valence-electron chi connectivity index (χ3n) is 3.35. The normalized spacial score (nSPS) is 10.6. The minimum Gasteiger partial charge on any atom is -0.476 e. The molecule has 1 aromatic heterocycles. The van der Waals surface area contributed by atoms with E-state index in [0.717, 1.165) is 11.1 Å². The maximum absolute atomic E-state index is 11.3. The topological polar surface area (TPSA) is 55.1 Å². The number of halogens is 1. The van der Waals surface area contributed by atoms with E-state index in [1.165, 1.54) is 6.20 Å². The molecule has 1 N–H and O–H groups in total. The number of aromatic carboxylic acids is 1. The minimum absolute atomic E-state index is 0.0181. The number of benzene rings is 2. The van der Waals surface area contributed by atoms with Crippen LogP contribution in [0.15, 0.2) is 54.7 Å². The highest BCUT2D eigenvalue weighted by atomic mass is 35.5. The highest BCUT2D eigenvalue weighted by Crippen LogP contribution is 2.27. The number of para-hydroxylation sites is 1. The van der Waals surface area contributed by atoms with E-state index in [-0.39, 0.29) is 5.69 Å². The first-order valence-electron chi connectivity index (χ1n) is 6.71. The lowest BCUT2D eigenvalue weighted by atomic mass is 10.1. The molecule has 0 bridgehead atoms. The Morgan fingerprint density at radius 1 is 1.14 bits per heavy atom. The average molecular weight is 313 g/mol. The first-order valence-corrected chi connectivity index (χ1v) is 7.08. The SMILES string of the molecule is Cc1ccc(-c2nc(C(=O)O)cn2-c2ccccc2Cl)cc1. The maximum Gasteiger partial charge on any atom is 0.356 e. The molecular weight excluding hydrogens is 300 g/mol. The highest BCUT2D eigenvalue weighted by Gasteiger charge is 2.17. The van der Waals surface area contributed by atoms with Crippen LogP contribution in [-0.2, 0) is 0 Å². The Kier molecular flexibility index (Phi) is 3.69. The van der Waals surface area contributed by atoms with Gasteiger partial charge in [-0.15, -0.1) is 0 Å². The zero-order valence-corrected chi connectivity index (χ0v) is 12.6. The minimum atomic E-state index is -1.07. The van der Waals surface area contributed by atoms with Crippen molar-refractivity contribution >= 4 is 17.6 Å². The van der Waals surface area contributed by atoms with Crippen LogP contribution in [0, 0.1) is 6.92 Å². The van der Waals surface area contributed by atoms with E-state index in [2.05, 4.69) is 4.98 Å². The Morgan fingerprint density at radius 3 is 2.45 bits per heavy atom. The molecule has 2 aromatic carbocycles. The van der Waals surface area contributed by atoms with Crippen molar-refractivity contribution in [3.63, 3.8) is 0 Å². The molecule has 0 amide bonds. The molecule has 0 unspecified atom stereocenters. The van der Waals surface area contributed by atoms with Gasteiger partial charge < -0.3 is 5.11 Å². The number of hydrogen-bond donors (Lipinski definition) is 1. The monoisotopic (exact) mass is 312 g/mol. The Balaban J connectivity index is 2.23. The first kappa shape index (κ1) is 14.4. The predicted molar refractivity (Wildman–Crippen MR) is 85.7 cm³/mol. The molecule has 0 saturated carbocycles. The van der Waals surface area contributed by atoms with Crippen LogP contribution in [0.3, 0.4) is 0 Å². The molecule has 0 spiro atoms. The van der Waals surface area contributed by atoms with E-state index >= 15 is 0 Å². The Bertz CT molecular complexity index is 838. The number of hydrogen-bond acceptors (Lipinski definition) is 2. The smallest absolute Gasteiger partial charge is 0.356 e. The number of carbonyl (C=O) groups is 1. The Hall–Kier alpha value is -2.59. The summed E-state index contributed by atoms with van der Waals surface area (Å²) >= 11 is 6.24. The van der Waals surface area contributed by atoms with Crippen LogP contribution in [0.4, 0.5) is 0 Å². The van der Waals surface area contributed by atoms with Gasteiger partial charge >= 0.3 is 5.97 Å². The van der Waals surface area contributed by atoms with Crippen LogP contribution >= 0.6 is 11.6 Å². The zero-order valence-electron chi connectivity index (χ0n) is 11.8. The third kappa shape index (κ3) is 2.61. The molecule has 0 aliphatic rings. The number of imidazole rings is 1. The van der Waals surface area contributed by atoms with Crippen molar-refractivity contribution in [2.24, 2.45) is 0 Å². The van der Waals surface area contributed by atoms with Gasteiger partial charge in [0.25, 0.3) is 0 Å². The quantitative estimate of drug-likeness (QED) is 0.788. The summed E-state index contributed by atoms with van der Waals surface area (Å²) in [4.78, 5) is 15.5. The molecule has 0 aliphatic heterocycles. The molecule has 0 radical (unpaired) electrons. The summed E-state index contributed by atoms with van der Waals surface area (Å²) in [7, 11) is 0. The fraction of sp³-hybridized carbons (Fsp3) is 0.0588. The second kappa shape index (κ2) is 5.66. The predicted octanol–water partition coefficient (Wildman–Crippen LogP) is 4.20. The molecule has 4 nitrogen and oxygen atoms in total. The summed E-state index contributed by atoms with van der Waals surface area (Å²) < 4.78 is 1.70. The van der Waals surface area contributed by atoms with Crippen molar-refractivity contribution in [3.8, 4) is 17.1 Å². The van der Waals surface area contributed by atoms with Gasteiger partial charge in [-0.25, -0.2) is 9.78 Å². The van der Waals surface area contributed by atoms with Crippen LogP contribution < -0.4 is 0 Å². The molecular formula is C17H13ClN2O2. The van der Waals surface area contributed by atoms with Gasteiger partial charge in [-0.1, -0.05) is 53.6 Å². The van der Waals surface area contributed by atoms with Gasteiger partial charge in [-0.2, -0.15) is 0 Å². The van der Waals surface area contributed by atoms with Gasteiger partial charge in [-0.3, -0.25) is 4.57 Å². The van der Waals surface area contributed by atoms with Gasteiger partial charge in [0.2, 0.25) is 0 Å². The van der Waals surface area contributed by atoms with Gasteiger partial charge in [0.05, 0.1) is 10.7 Å². The molecule has 0 atom stereocenters. The third-order valence-corrected chi connectivity index (χ3v) is 3.67. The molecule has 22 heavy (non-hydrogen) atoms. The molecule has 3 rings (SSSR count). The number of nitrogens with zero attached hydrogens (tertiary/aromatic N) is 2. The fourth-order valence-corrected chi connectivity index (χ4v) is 2.45. The second-order valence-electron chi connectivity index (χ2n) is 4.94. The number of aromatic nitrogens is 2. The highest BCUT2D eigenvalue weighted by molar-refractivity contribution is 6.32.